The van der Waals surface area contributed by atoms with Crippen molar-refractivity contribution in [2.45, 2.75) is 83.9 Å². The highest BCUT2D eigenvalue weighted by Gasteiger charge is 2.60. The number of ether oxygens (including phenoxy) is 2. The van der Waals surface area contributed by atoms with Crippen molar-refractivity contribution in [3.8, 4) is 0 Å². The zero-order valence-electron chi connectivity index (χ0n) is 17.4. The van der Waals surface area contributed by atoms with Crippen LogP contribution >= 0.6 is 0 Å². The van der Waals surface area contributed by atoms with Gasteiger partial charge in [0, 0.05) is 18.3 Å². The summed E-state index contributed by atoms with van der Waals surface area (Å²) >= 11 is 0. The van der Waals surface area contributed by atoms with Crippen LogP contribution in [0.3, 0.4) is 0 Å². The fourth-order valence-corrected chi connectivity index (χ4v) is 5.90. The molecule has 3 fully saturated rings. The molecule has 0 unspecified atom stereocenters. The highest BCUT2D eigenvalue weighted by Crippen LogP contribution is 2.56. The third kappa shape index (κ3) is 3.62. The number of carboxylic acids is 1. The Morgan fingerprint density at radius 3 is 2.23 bits per heavy atom. The van der Waals surface area contributed by atoms with Crippen molar-refractivity contribution in [1.82, 2.24) is 0 Å². The highest BCUT2D eigenvalue weighted by atomic mass is 28.4. The van der Waals surface area contributed by atoms with Crippen LogP contribution in [0.5, 0.6) is 0 Å². The van der Waals surface area contributed by atoms with E-state index in [4.69, 9.17) is 13.9 Å². The minimum Gasteiger partial charge on any atom is -0.481 e. The Labute approximate surface area is 158 Å². The summed E-state index contributed by atoms with van der Waals surface area (Å²) in [5.41, 5.74) is 0.0309. The first-order valence-corrected chi connectivity index (χ1v) is 12.8. The molecular weight excluding hydrogens is 348 g/mol. The molecule has 3 aliphatic rings. The smallest absolute Gasteiger partial charge is 0.309 e. The van der Waals surface area contributed by atoms with Gasteiger partial charge in [0.2, 0.25) is 0 Å². The van der Waals surface area contributed by atoms with E-state index in [0.29, 0.717) is 25.6 Å². The molecule has 6 heteroatoms. The third-order valence-corrected chi connectivity index (χ3v) is 11.6. The molecule has 1 spiro atoms. The monoisotopic (exact) mass is 384 g/mol. The van der Waals surface area contributed by atoms with Gasteiger partial charge in [-0.2, -0.15) is 0 Å². The van der Waals surface area contributed by atoms with E-state index < -0.39 is 26.0 Å². The summed E-state index contributed by atoms with van der Waals surface area (Å²) in [5, 5.41) is 10.0. The van der Waals surface area contributed by atoms with E-state index in [2.05, 4.69) is 47.7 Å². The molecule has 0 amide bonds. The number of hydrogen-bond acceptors (Lipinski definition) is 4. The van der Waals surface area contributed by atoms with Gasteiger partial charge < -0.3 is 19.0 Å². The molecule has 5 nitrogen and oxygen atoms in total. The van der Waals surface area contributed by atoms with Gasteiger partial charge in [0.15, 0.2) is 14.1 Å². The Hall–Kier alpha value is -0.433. The van der Waals surface area contributed by atoms with Crippen molar-refractivity contribution in [3.05, 3.63) is 0 Å². The zero-order valence-corrected chi connectivity index (χ0v) is 18.4. The Balaban J connectivity index is 1.73. The van der Waals surface area contributed by atoms with Gasteiger partial charge in [-0.15, -0.1) is 0 Å². The van der Waals surface area contributed by atoms with Crippen molar-refractivity contribution in [3.63, 3.8) is 0 Å². The maximum atomic E-state index is 12.1. The van der Waals surface area contributed by atoms with Gasteiger partial charge in [-0.25, -0.2) is 0 Å². The molecule has 0 aromatic carbocycles. The van der Waals surface area contributed by atoms with Crippen LogP contribution < -0.4 is 0 Å². The number of carbonyl (C=O) groups is 1. The Kier molecular flexibility index (Phi) is 4.91. The fraction of sp³-hybridized carbons (Fsp3) is 0.950. The summed E-state index contributed by atoms with van der Waals surface area (Å²) in [6.45, 7) is 16.6. The molecule has 4 atom stereocenters. The minimum atomic E-state index is -2.00. The first-order valence-electron chi connectivity index (χ1n) is 9.94. The van der Waals surface area contributed by atoms with Crippen molar-refractivity contribution >= 4 is 14.3 Å². The average molecular weight is 385 g/mol. The lowest BCUT2D eigenvalue weighted by atomic mass is 9.90. The second kappa shape index (κ2) is 6.29. The average Bonchev–Trinajstić information content (AvgIpc) is 2.94. The molecule has 0 aromatic heterocycles. The molecule has 0 radical (unpaired) electrons. The van der Waals surface area contributed by atoms with Gasteiger partial charge >= 0.3 is 5.97 Å². The first-order chi connectivity index (χ1) is 11.8. The lowest BCUT2D eigenvalue weighted by Crippen LogP contribution is -2.48. The Bertz CT molecular complexity index is 555. The van der Waals surface area contributed by atoms with Crippen LogP contribution in [-0.2, 0) is 18.7 Å². The van der Waals surface area contributed by atoms with Gasteiger partial charge in [0.1, 0.15) is 0 Å². The van der Waals surface area contributed by atoms with E-state index in [0.717, 1.165) is 12.8 Å². The van der Waals surface area contributed by atoms with Crippen molar-refractivity contribution in [2.75, 3.05) is 13.2 Å². The first kappa shape index (κ1) is 20.3. The summed E-state index contributed by atoms with van der Waals surface area (Å²) < 4.78 is 18.9. The second-order valence-electron chi connectivity index (χ2n) is 11.0. The van der Waals surface area contributed by atoms with E-state index in [-0.39, 0.29) is 22.5 Å². The van der Waals surface area contributed by atoms with E-state index >= 15 is 0 Å². The number of aliphatic carboxylic acids is 1. The van der Waals surface area contributed by atoms with Crippen molar-refractivity contribution < 1.29 is 23.8 Å². The fourth-order valence-electron chi connectivity index (χ4n) is 4.55. The van der Waals surface area contributed by atoms with Gasteiger partial charge in [0.25, 0.3) is 0 Å². The summed E-state index contributed by atoms with van der Waals surface area (Å²) in [7, 11) is -2.00. The summed E-state index contributed by atoms with van der Waals surface area (Å²) in [5.74, 6) is -1.35. The van der Waals surface area contributed by atoms with Gasteiger partial charge in [0.05, 0.1) is 25.2 Å². The van der Waals surface area contributed by atoms with E-state index in [9.17, 15) is 9.90 Å². The Morgan fingerprint density at radius 2 is 1.73 bits per heavy atom. The van der Waals surface area contributed by atoms with Gasteiger partial charge in [-0.3, -0.25) is 4.79 Å². The van der Waals surface area contributed by atoms with Gasteiger partial charge in [-0.05, 0) is 36.4 Å². The van der Waals surface area contributed by atoms with Crippen LogP contribution in [0, 0.1) is 23.2 Å². The van der Waals surface area contributed by atoms with Crippen LogP contribution in [0.1, 0.15) is 53.9 Å². The lowest BCUT2D eigenvalue weighted by molar-refractivity contribution is -0.298. The van der Waals surface area contributed by atoms with Crippen LogP contribution in [-0.4, -0.2) is 44.5 Å². The van der Waals surface area contributed by atoms with E-state index in [1.165, 1.54) is 0 Å². The molecule has 0 bridgehead atoms. The van der Waals surface area contributed by atoms with E-state index in [1.54, 1.807) is 0 Å². The predicted octanol–water partition coefficient (Wildman–Crippen LogP) is 4.28. The molecule has 2 saturated carbocycles. The predicted molar refractivity (Wildman–Crippen MR) is 102 cm³/mol. The summed E-state index contributed by atoms with van der Waals surface area (Å²) in [6.07, 6.45) is 2.11. The quantitative estimate of drug-likeness (QED) is 0.736. The molecule has 150 valence electrons. The largest absolute Gasteiger partial charge is 0.481 e. The number of carboxylic acid groups (broad SMARTS) is 1. The molecule has 1 saturated heterocycles. The van der Waals surface area contributed by atoms with Crippen LogP contribution in [0.4, 0.5) is 0 Å². The summed E-state index contributed by atoms with van der Waals surface area (Å²) in [4.78, 5) is 12.1. The molecule has 26 heavy (non-hydrogen) atoms. The van der Waals surface area contributed by atoms with Crippen molar-refractivity contribution in [1.29, 1.82) is 0 Å². The van der Waals surface area contributed by atoms with Gasteiger partial charge in [-0.1, -0.05) is 34.6 Å². The maximum absolute atomic E-state index is 12.1. The standard InChI is InChI=1S/C20H36O5Si/c1-18(2,3)26(6,7)25-15-8-13-9-20(10-14(13)16(15)17(21)22)23-11-19(4,5)12-24-20/h13-16H,8-12H2,1-7H3,(H,21,22)/t13-,14+,15+,16+/m0/s1. The minimum absolute atomic E-state index is 0.0309. The molecule has 3 rings (SSSR count). The lowest BCUT2D eigenvalue weighted by Gasteiger charge is -2.43. The zero-order chi connectivity index (χ0) is 19.5. The second-order valence-corrected chi connectivity index (χ2v) is 15.8. The van der Waals surface area contributed by atoms with Crippen LogP contribution in [0.25, 0.3) is 0 Å². The van der Waals surface area contributed by atoms with E-state index in [1.807, 2.05) is 0 Å². The number of hydrogen-bond donors (Lipinski definition) is 1. The van der Waals surface area contributed by atoms with Crippen molar-refractivity contribution in [2.24, 2.45) is 23.2 Å². The molecule has 1 aliphatic heterocycles. The molecule has 1 N–H and O–H groups in total. The molecule has 0 aromatic rings. The molecule has 2 aliphatic carbocycles. The Morgan fingerprint density at radius 1 is 1.15 bits per heavy atom. The highest BCUT2D eigenvalue weighted by molar-refractivity contribution is 6.74. The van der Waals surface area contributed by atoms with Crippen LogP contribution in [0.15, 0.2) is 0 Å². The maximum Gasteiger partial charge on any atom is 0.309 e. The third-order valence-electron chi connectivity index (χ3n) is 7.11. The SMILES string of the molecule is CC1(C)COC2(C[C@@H]3C[C@@H](O[Si](C)(C)C(C)(C)C)[C@H](C(=O)O)[C@@H]3C2)OC1. The summed E-state index contributed by atoms with van der Waals surface area (Å²) in [6, 6.07) is 0. The number of rotatable bonds is 3. The van der Waals surface area contributed by atoms with Crippen LogP contribution in [0.2, 0.25) is 18.1 Å². The topological polar surface area (TPSA) is 65.0 Å². The number of fused-ring (bicyclic) bond motifs is 1. The molecular formula is C20H36O5Si. The normalized spacial score (nSPS) is 36.3. The molecule has 1 heterocycles.